The first-order valence-electron chi connectivity index (χ1n) is 4.17. The Kier molecular flexibility index (Phi) is 1.89. The van der Waals surface area contributed by atoms with E-state index >= 15 is 0 Å². The highest BCUT2D eigenvalue weighted by Gasteiger charge is 2.07. The van der Waals surface area contributed by atoms with Crippen LogP contribution in [0.5, 0.6) is 5.75 Å². The lowest BCUT2D eigenvalue weighted by atomic mass is 10.1. The fourth-order valence-corrected chi connectivity index (χ4v) is 1.48. The molecule has 0 bridgehead atoms. The fraction of sp³-hybridized carbons (Fsp3) is 0.100. The summed E-state index contributed by atoms with van der Waals surface area (Å²) in [6.07, 6.45) is 1.61. The Bertz CT molecular complexity index is 487. The van der Waals surface area contributed by atoms with E-state index in [1.165, 1.54) is 0 Å². The van der Waals surface area contributed by atoms with Gasteiger partial charge in [-0.25, -0.2) is 0 Å². The largest absolute Gasteiger partial charge is 0.508 e. The van der Waals surface area contributed by atoms with Gasteiger partial charge in [-0.15, -0.1) is 0 Å². The van der Waals surface area contributed by atoms with Gasteiger partial charge in [0.15, 0.2) is 0 Å². The molecule has 2 aromatic rings. The number of carboxylic acid groups (broad SMARTS) is 1. The molecule has 0 saturated carbocycles. The highest BCUT2D eigenvalue weighted by atomic mass is 16.5. The van der Waals surface area contributed by atoms with E-state index in [1.54, 1.807) is 24.4 Å². The molecule has 4 heteroatoms. The van der Waals surface area contributed by atoms with Gasteiger partial charge >= 0.3 is 5.97 Å². The minimum Gasteiger partial charge on any atom is -0.508 e. The van der Waals surface area contributed by atoms with Crippen LogP contribution in [0.3, 0.4) is 0 Å². The van der Waals surface area contributed by atoms with Crippen LogP contribution in [0.2, 0.25) is 0 Å². The summed E-state index contributed by atoms with van der Waals surface area (Å²) in [7, 11) is 0. The molecular weight excluding hydrogens is 183 g/mol. The van der Waals surface area contributed by atoms with E-state index in [4.69, 9.17) is 5.11 Å². The van der Waals surface area contributed by atoms with Crippen molar-refractivity contribution in [3.05, 3.63) is 30.0 Å². The van der Waals surface area contributed by atoms with Crippen molar-refractivity contribution in [1.82, 2.24) is 4.98 Å². The number of hydrogen-bond acceptors (Lipinski definition) is 2. The number of aromatic hydroxyl groups is 1. The van der Waals surface area contributed by atoms with Gasteiger partial charge in [-0.05, 0) is 23.8 Å². The third-order valence-corrected chi connectivity index (χ3v) is 2.09. The van der Waals surface area contributed by atoms with Crippen molar-refractivity contribution in [3.8, 4) is 5.75 Å². The summed E-state index contributed by atoms with van der Waals surface area (Å²) in [6, 6.07) is 4.84. The molecule has 0 amide bonds. The van der Waals surface area contributed by atoms with Crippen molar-refractivity contribution in [2.24, 2.45) is 0 Å². The summed E-state index contributed by atoms with van der Waals surface area (Å²) >= 11 is 0. The maximum atomic E-state index is 10.5. The lowest BCUT2D eigenvalue weighted by Crippen LogP contribution is -1.98. The van der Waals surface area contributed by atoms with Crippen LogP contribution >= 0.6 is 0 Å². The van der Waals surface area contributed by atoms with Crippen LogP contribution in [0.4, 0.5) is 0 Å². The highest BCUT2D eigenvalue weighted by Crippen LogP contribution is 2.23. The number of phenols is 1. The van der Waals surface area contributed by atoms with E-state index in [2.05, 4.69) is 4.98 Å². The van der Waals surface area contributed by atoms with E-state index in [0.29, 0.717) is 5.56 Å². The zero-order valence-corrected chi connectivity index (χ0v) is 7.32. The van der Waals surface area contributed by atoms with E-state index < -0.39 is 5.97 Å². The van der Waals surface area contributed by atoms with Crippen molar-refractivity contribution in [2.75, 3.05) is 0 Å². The first kappa shape index (κ1) is 8.62. The monoisotopic (exact) mass is 192 g/mol. The molecule has 0 unspecified atom stereocenters. The predicted molar refractivity (Wildman–Crippen MR) is 51.3 cm³/mol. The number of carbonyl (C=O) groups is 1. The zero-order chi connectivity index (χ0) is 10.1. The first-order valence-corrected chi connectivity index (χ1v) is 4.17. The predicted octanol–water partition coefficient (Wildman–Crippen LogP) is 1.50. The number of aromatic amines is 1. The van der Waals surface area contributed by atoms with Crippen molar-refractivity contribution in [2.45, 2.75) is 6.42 Å². The Balaban J connectivity index is 2.55. The van der Waals surface area contributed by atoms with Crippen molar-refractivity contribution in [3.63, 3.8) is 0 Å². The second-order valence-electron chi connectivity index (χ2n) is 3.11. The summed E-state index contributed by atoms with van der Waals surface area (Å²) in [5, 5.41) is 18.6. The topological polar surface area (TPSA) is 73.3 Å². The molecule has 3 N–H and O–H groups in total. The number of rotatable bonds is 2. The molecule has 1 aromatic carbocycles. The Morgan fingerprint density at radius 3 is 2.93 bits per heavy atom. The molecule has 72 valence electrons. The standard InChI is InChI=1S/C10H9NO3/c12-7-1-2-9-8(4-7)6(5-11-9)3-10(13)14/h1-2,4-5,11-12H,3H2,(H,13,14)/i10+1. The number of benzene rings is 1. The van der Waals surface area contributed by atoms with E-state index in [-0.39, 0.29) is 12.2 Å². The maximum Gasteiger partial charge on any atom is 0.307 e. The van der Waals surface area contributed by atoms with Crippen molar-refractivity contribution in [1.29, 1.82) is 0 Å². The van der Waals surface area contributed by atoms with Crippen LogP contribution < -0.4 is 0 Å². The SMILES string of the molecule is O=[13C](O)Cc1c[nH]c2ccc(O)cc12. The van der Waals surface area contributed by atoms with E-state index in [0.717, 1.165) is 10.9 Å². The molecule has 0 spiro atoms. The Hall–Kier alpha value is -1.97. The average molecular weight is 192 g/mol. The summed E-state index contributed by atoms with van der Waals surface area (Å²) in [5.41, 5.74) is 1.52. The van der Waals surface area contributed by atoms with Crippen molar-refractivity contribution < 1.29 is 15.0 Å². The third-order valence-electron chi connectivity index (χ3n) is 2.09. The van der Waals surface area contributed by atoms with Gasteiger partial charge in [-0.1, -0.05) is 0 Å². The number of phenolic OH excluding ortho intramolecular Hbond substituents is 1. The van der Waals surface area contributed by atoms with Gasteiger partial charge in [0.2, 0.25) is 0 Å². The molecule has 0 aliphatic carbocycles. The second-order valence-corrected chi connectivity index (χ2v) is 3.11. The number of aliphatic carboxylic acids is 1. The molecule has 1 heterocycles. The molecule has 14 heavy (non-hydrogen) atoms. The number of hydrogen-bond donors (Lipinski definition) is 3. The van der Waals surface area contributed by atoms with Gasteiger partial charge in [-0.3, -0.25) is 4.79 Å². The van der Waals surface area contributed by atoms with Crippen LogP contribution in [0.15, 0.2) is 24.4 Å². The Labute approximate surface area is 79.8 Å². The molecule has 2 rings (SSSR count). The fourth-order valence-electron chi connectivity index (χ4n) is 1.48. The van der Waals surface area contributed by atoms with Crippen LogP contribution in [-0.4, -0.2) is 21.2 Å². The number of nitrogens with one attached hydrogen (secondary N) is 1. The quantitative estimate of drug-likeness (QED) is 0.631. The summed E-state index contributed by atoms with van der Waals surface area (Å²) in [4.78, 5) is 13.5. The maximum absolute atomic E-state index is 10.5. The van der Waals surface area contributed by atoms with Crippen molar-refractivity contribution >= 4 is 16.9 Å². The molecule has 0 aliphatic rings. The Morgan fingerprint density at radius 2 is 2.21 bits per heavy atom. The molecule has 0 aliphatic heterocycles. The smallest absolute Gasteiger partial charge is 0.307 e. The minimum atomic E-state index is -0.880. The third kappa shape index (κ3) is 1.42. The Morgan fingerprint density at radius 1 is 1.43 bits per heavy atom. The lowest BCUT2D eigenvalue weighted by molar-refractivity contribution is -0.136. The van der Waals surface area contributed by atoms with E-state index in [1.807, 2.05) is 0 Å². The highest BCUT2D eigenvalue weighted by molar-refractivity contribution is 5.87. The molecular formula is C10H9NO3. The van der Waals surface area contributed by atoms with Crippen LogP contribution in [0, 0.1) is 0 Å². The number of carboxylic acids is 1. The molecule has 0 radical (unpaired) electrons. The molecule has 0 fully saturated rings. The number of aromatic nitrogens is 1. The van der Waals surface area contributed by atoms with Gasteiger partial charge in [0, 0.05) is 17.1 Å². The van der Waals surface area contributed by atoms with E-state index in [9.17, 15) is 9.90 Å². The van der Waals surface area contributed by atoms with Crippen LogP contribution in [0.1, 0.15) is 5.56 Å². The molecule has 1 aromatic heterocycles. The van der Waals surface area contributed by atoms with Crippen LogP contribution in [-0.2, 0) is 11.2 Å². The summed E-state index contributed by atoms with van der Waals surface area (Å²) in [6.45, 7) is 0. The normalized spacial score (nSPS) is 10.6. The number of H-pyrrole nitrogens is 1. The summed E-state index contributed by atoms with van der Waals surface area (Å²) < 4.78 is 0. The minimum absolute atomic E-state index is 0.0382. The van der Waals surface area contributed by atoms with Gasteiger partial charge in [0.25, 0.3) is 0 Å². The molecule has 4 nitrogen and oxygen atoms in total. The average Bonchev–Trinajstić information content (AvgIpc) is 2.47. The second kappa shape index (κ2) is 3.06. The van der Waals surface area contributed by atoms with Gasteiger partial charge in [0.1, 0.15) is 5.75 Å². The van der Waals surface area contributed by atoms with Crippen LogP contribution in [0.25, 0.3) is 10.9 Å². The zero-order valence-electron chi connectivity index (χ0n) is 7.32. The van der Waals surface area contributed by atoms with Gasteiger partial charge < -0.3 is 15.2 Å². The van der Waals surface area contributed by atoms with Gasteiger partial charge in [-0.2, -0.15) is 0 Å². The first-order chi connectivity index (χ1) is 6.66. The van der Waals surface area contributed by atoms with Gasteiger partial charge in [0.05, 0.1) is 6.42 Å². The molecule has 0 atom stereocenters. The lowest BCUT2D eigenvalue weighted by Gasteiger charge is -1.95. The molecule has 0 saturated heterocycles. The number of fused-ring (bicyclic) bond motifs is 1. The summed E-state index contributed by atoms with van der Waals surface area (Å²) in [5.74, 6) is -0.738.